The molecule has 0 aliphatic heterocycles. The van der Waals surface area contributed by atoms with Crippen LogP contribution in [-0.4, -0.2) is 11.5 Å². The van der Waals surface area contributed by atoms with Crippen molar-refractivity contribution in [1.82, 2.24) is 4.98 Å². The van der Waals surface area contributed by atoms with E-state index in [1.165, 1.54) is 23.9 Å². The third-order valence-corrected chi connectivity index (χ3v) is 3.65. The van der Waals surface area contributed by atoms with Crippen molar-refractivity contribution in [3.05, 3.63) is 36.0 Å². The zero-order valence-corrected chi connectivity index (χ0v) is 10.5. The van der Waals surface area contributed by atoms with E-state index in [4.69, 9.17) is 0 Å². The summed E-state index contributed by atoms with van der Waals surface area (Å²) < 4.78 is 0. The number of benzene rings is 1. The number of anilines is 1. The maximum absolute atomic E-state index is 4.56. The van der Waals surface area contributed by atoms with E-state index in [9.17, 15) is 0 Å². The average Bonchev–Trinajstić information content (AvgIpc) is 3.05. The van der Waals surface area contributed by atoms with Crippen molar-refractivity contribution in [2.24, 2.45) is 5.41 Å². The van der Waals surface area contributed by atoms with Gasteiger partial charge in [-0.25, -0.2) is 0 Å². The average molecular weight is 226 g/mol. The zero-order valence-electron chi connectivity index (χ0n) is 10.5. The van der Waals surface area contributed by atoms with Crippen molar-refractivity contribution in [3.8, 4) is 0 Å². The van der Waals surface area contributed by atoms with Gasteiger partial charge in [-0.2, -0.15) is 0 Å². The van der Waals surface area contributed by atoms with Gasteiger partial charge >= 0.3 is 0 Å². The molecule has 3 rings (SSSR count). The highest BCUT2D eigenvalue weighted by Gasteiger charge is 2.36. The summed E-state index contributed by atoms with van der Waals surface area (Å²) in [5, 5.41) is 4.82. The van der Waals surface area contributed by atoms with Gasteiger partial charge in [0.05, 0.1) is 5.52 Å². The van der Waals surface area contributed by atoms with Crippen molar-refractivity contribution < 1.29 is 0 Å². The van der Waals surface area contributed by atoms with Crippen LogP contribution in [0.3, 0.4) is 0 Å². The molecule has 1 aliphatic rings. The van der Waals surface area contributed by atoms with Crippen LogP contribution in [0.5, 0.6) is 0 Å². The minimum Gasteiger partial charge on any atom is -0.384 e. The van der Waals surface area contributed by atoms with E-state index in [1.807, 2.05) is 6.07 Å². The smallest absolute Gasteiger partial charge is 0.0725 e. The lowest BCUT2D eigenvalue weighted by Crippen LogP contribution is -2.12. The number of fused-ring (bicyclic) bond motifs is 1. The first-order chi connectivity index (χ1) is 8.16. The Morgan fingerprint density at radius 2 is 2.06 bits per heavy atom. The van der Waals surface area contributed by atoms with Crippen LogP contribution in [0.4, 0.5) is 5.69 Å². The lowest BCUT2D eigenvalue weighted by atomic mass is 10.1. The Labute approximate surface area is 102 Å². The van der Waals surface area contributed by atoms with Gasteiger partial charge in [0, 0.05) is 23.3 Å². The summed E-state index contributed by atoms with van der Waals surface area (Å²) >= 11 is 0. The molecule has 2 heteroatoms. The number of aryl methyl sites for hydroxylation is 1. The molecule has 1 saturated carbocycles. The number of hydrogen-bond acceptors (Lipinski definition) is 2. The molecule has 1 N–H and O–H groups in total. The number of rotatable bonds is 3. The fourth-order valence-electron chi connectivity index (χ4n) is 2.15. The lowest BCUT2D eigenvalue weighted by Gasteiger charge is -2.14. The van der Waals surface area contributed by atoms with Crippen LogP contribution in [0.25, 0.3) is 10.9 Å². The molecule has 0 radical (unpaired) electrons. The third-order valence-electron chi connectivity index (χ3n) is 3.65. The maximum atomic E-state index is 4.56. The fraction of sp³-hybridized carbons (Fsp3) is 0.400. The summed E-state index contributed by atoms with van der Waals surface area (Å²) in [6.45, 7) is 5.47. The van der Waals surface area contributed by atoms with Crippen LogP contribution in [0.2, 0.25) is 0 Å². The monoisotopic (exact) mass is 226 g/mol. The van der Waals surface area contributed by atoms with Gasteiger partial charge in [-0.3, -0.25) is 4.98 Å². The van der Waals surface area contributed by atoms with E-state index >= 15 is 0 Å². The van der Waals surface area contributed by atoms with Crippen molar-refractivity contribution in [2.75, 3.05) is 11.9 Å². The molecule has 2 nitrogen and oxygen atoms in total. The van der Waals surface area contributed by atoms with Gasteiger partial charge in [0.1, 0.15) is 0 Å². The standard InChI is InChI=1S/C15H18N2/c1-11-9-14(16-10-15(2)7-8-15)12-5-3-4-6-13(12)17-11/h3-6,9H,7-8,10H2,1-2H3,(H,16,17). The van der Waals surface area contributed by atoms with E-state index in [0.29, 0.717) is 5.41 Å². The molecule has 0 saturated heterocycles. The minimum absolute atomic E-state index is 0.526. The highest BCUT2D eigenvalue weighted by atomic mass is 14.9. The molecule has 1 aliphatic carbocycles. The van der Waals surface area contributed by atoms with Crippen LogP contribution in [0, 0.1) is 12.3 Å². The molecular formula is C15H18N2. The number of nitrogens with one attached hydrogen (secondary N) is 1. The molecule has 1 heterocycles. The number of aromatic nitrogens is 1. The highest BCUT2D eigenvalue weighted by Crippen LogP contribution is 2.45. The first-order valence-corrected chi connectivity index (χ1v) is 6.27. The van der Waals surface area contributed by atoms with E-state index in [0.717, 1.165) is 17.8 Å². The highest BCUT2D eigenvalue weighted by molar-refractivity contribution is 5.91. The van der Waals surface area contributed by atoms with Crippen molar-refractivity contribution in [1.29, 1.82) is 0 Å². The Morgan fingerprint density at radius 1 is 1.29 bits per heavy atom. The first kappa shape index (κ1) is 10.6. The molecule has 0 atom stereocenters. The fourth-order valence-corrected chi connectivity index (χ4v) is 2.15. The molecular weight excluding hydrogens is 208 g/mol. The molecule has 1 fully saturated rings. The molecule has 0 bridgehead atoms. The molecule has 1 aromatic carbocycles. The molecule has 0 amide bonds. The van der Waals surface area contributed by atoms with Crippen molar-refractivity contribution in [3.63, 3.8) is 0 Å². The Morgan fingerprint density at radius 3 is 2.82 bits per heavy atom. The van der Waals surface area contributed by atoms with Crippen molar-refractivity contribution in [2.45, 2.75) is 26.7 Å². The van der Waals surface area contributed by atoms with Crippen LogP contribution in [0.1, 0.15) is 25.5 Å². The molecule has 17 heavy (non-hydrogen) atoms. The van der Waals surface area contributed by atoms with Crippen LogP contribution in [0.15, 0.2) is 30.3 Å². The Balaban J connectivity index is 1.96. The van der Waals surface area contributed by atoms with E-state index < -0.39 is 0 Å². The number of pyridine rings is 1. The second kappa shape index (κ2) is 3.73. The van der Waals surface area contributed by atoms with Gasteiger partial charge in [0.25, 0.3) is 0 Å². The lowest BCUT2D eigenvalue weighted by molar-refractivity contribution is 0.611. The number of hydrogen-bond donors (Lipinski definition) is 1. The second-order valence-corrected chi connectivity index (χ2v) is 5.49. The third kappa shape index (κ3) is 2.12. The SMILES string of the molecule is Cc1cc(NCC2(C)CC2)c2ccccc2n1. The van der Waals surface area contributed by atoms with E-state index in [2.05, 4.69) is 48.4 Å². The first-order valence-electron chi connectivity index (χ1n) is 6.27. The second-order valence-electron chi connectivity index (χ2n) is 5.49. The van der Waals surface area contributed by atoms with Gasteiger partial charge in [-0.05, 0) is 37.3 Å². The molecule has 88 valence electrons. The predicted molar refractivity (Wildman–Crippen MR) is 72.3 cm³/mol. The van der Waals surface area contributed by atoms with Gasteiger partial charge < -0.3 is 5.32 Å². The van der Waals surface area contributed by atoms with Gasteiger partial charge in [0.2, 0.25) is 0 Å². The minimum atomic E-state index is 0.526. The Kier molecular flexibility index (Phi) is 2.32. The predicted octanol–water partition coefficient (Wildman–Crippen LogP) is 3.76. The summed E-state index contributed by atoms with van der Waals surface area (Å²) in [7, 11) is 0. The Hall–Kier alpha value is -1.57. The topological polar surface area (TPSA) is 24.9 Å². The molecule has 1 aromatic heterocycles. The van der Waals surface area contributed by atoms with Gasteiger partial charge in [-0.15, -0.1) is 0 Å². The Bertz CT molecular complexity index is 556. The summed E-state index contributed by atoms with van der Waals surface area (Å²) in [6, 6.07) is 10.5. The van der Waals surface area contributed by atoms with E-state index in [1.54, 1.807) is 0 Å². The zero-order chi connectivity index (χ0) is 11.9. The summed E-state index contributed by atoms with van der Waals surface area (Å²) in [4.78, 5) is 4.56. The van der Waals surface area contributed by atoms with Gasteiger partial charge in [-0.1, -0.05) is 25.1 Å². The van der Waals surface area contributed by atoms with Crippen LogP contribution in [-0.2, 0) is 0 Å². The number of nitrogens with zero attached hydrogens (tertiary/aromatic N) is 1. The maximum Gasteiger partial charge on any atom is 0.0725 e. The van der Waals surface area contributed by atoms with E-state index in [-0.39, 0.29) is 0 Å². The molecule has 2 aromatic rings. The van der Waals surface area contributed by atoms with Gasteiger partial charge in [0.15, 0.2) is 0 Å². The summed E-state index contributed by atoms with van der Waals surface area (Å²) in [6.07, 6.45) is 2.70. The summed E-state index contributed by atoms with van der Waals surface area (Å²) in [5.74, 6) is 0. The van der Waals surface area contributed by atoms with Crippen LogP contribution < -0.4 is 5.32 Å². The molecule has 0 unspecified atom stereocenters. The molecule has 0 spiro atoms. The number of para-hydroxylation sites is 1. The van der Waals surface area contributed by atoms with Crippen LogP contribution >= 0.6 is 0 Å². The van der Waals surface area contributed by atoms with Crippen molar-refractivity contribution >= 4 is 16.6 Å². The normalized spacial score (nSPS) is 17.1. The summed E-state index contributed by atoms with van der Waals surface area (Å²) in [5.41, 5.74) is 3.91. The quantitative estimate of drug-likeness (QED) is 0.862. The largest absolute Gasteiger partial charge is 0.384 e.